The number of aromatic amines is 1. The van der Waals surface area contributed by atoms with Crippen LogP contribution < -0.4 is 16.1 Å². The van der Waals surface area contributed by atoms with Crippen LogP contribution in [0.2, 0.25) is 0 Å². The predicted octanol–water partition coefficient (Wildman–Crippen LogP) is 3.49. The van der Waals surface area contributed by atoms with Crippen LogP contribution in [0.4, 0.5) is 32.0 Å². The van der Waals surface area contributed by atoms with Crippen LogP contribution in [0, 0.1) is 6.92 Å². The third-order valence-electron chi connectivity index (χ3n) is 5.62. The molecule has 0 atom stereocenters. The lowest BCUT2D eigenvalue weighted by Gasteiger charge is -2.36. The average Bonchev–Trinajstić information content (AvgIpc) is 2.73. The molecule has 0 aliphatic carbocycles. The summed E-state index contributed by atoms with van der Waals surface area (Å²) in [6.07, 6.45) is -6.82. The van der Waals surface area contributed by atoms with Gasteiger partial charge in [-0.2, -0.15) is 26.3 Å². The van der Waals surface area contributed by atoms with Crippen LogP contribution >= 0.6 is 0 Å². The molecule has 3 rings (SSSR count). The van der Waals surface area contributed by atoms with Gasteiger partial charge in [0.2, 0.25) is 0 Å². The highest BCUT2D eigenvalue weighted by Gasteiger charge is 2.37. The maximum absolute atomic E-state index is 13.1. The fourth-order valence-electron chi connectivity index (χ4n) is 3.75. The summed E-state index contributed by atoms with van der Waals surface area (Å²) < 4.78 is 80.0. The summed E-state index contributed by atoms with van der Waals surface area (Å²) in [5.74, 6) is 0. The van der Waals surface area contributed by atoms with Crippen molar-refractivity contribution in [3.8, 4) is 0 Å². The van der Waals surface area contributed by atoms with Gasteiger partial charge in [0.15, 0.2) is 0 Å². The minimum absolute atomic E-state index is 0.0929. The van der Waals surface area contributed by atoms with Crippen LogP contribution in [0.15, 0.2) is 34.0 Å². The lowest BCUT2D eigenvalue weighted by Crippen LogP contribution is -2.46. The summed E-state index contributed by atoms with van der Waals surface area (Å²) in [4.78, 5) is 29.0. The monoisotopic (exact) mass is 478 g/mol. The van der Waals surface area contributed by atoms with Crippen molar-refractivity contribution in [2.45, 2.75) is 38.7 Å². The third-order valence-corrected chi connectivity index (χ3v) is 5.62. The normalized spacial score (nSPS) is 15.8. The number of halogens is 6. The first-order valence-corrected chi connectivity index (χ1v) is 10.4. The lowest BCUT2D eigenvalue weighted by molar-refractivity contribution is -0.143. The average molecular weight is 478 g/mol. The van der Waals surface area contributed by atoms with Crippen molar-refractivity contribution in [1.29, 1.82) is 0 Å². The number of alkyl halides is 6. The van der Waals surface area contributed by atoms with E-state index in [9.17, 15) is 35.9 Å². The van der Waals surface area contributed by atoms with Gasteiger partial charge < -0.3 is 9.47 Å². The number of hydrogen-bond donors (Lipinski definition) is 1. The molecular formula is C21H24F6N4O2. The minimum Gasteiger partial charge on any atom is -0.369 e. The number of anilines is 1. The second kappa shape index (κ2) is 9.62. The van der Waals surface area contributed by atoms with Crippen molar-refractivity contribution in [1.82, 2.24) is 14.5 Å². The molecule has 0 radical (unpaired) electrons. The number of nitrogens with zero attached hydrogens (tertiary/aromatic N) is 3. The molecular weight excluding hydrogens is 454 g/mol. The zero-order valence-corrected chi connectivity index (χ0v) is 17.9. The quantitative estimate of drug-likeness (QED) is 0.510. The summed E-state index contributed by atoms with van der Waals surface area (Å²) in [6.45, 7) is 4.32. The van der Waals surface area contributed by atoms with E-state index in [2.05, 4.69) is 9.88 Å². The molecule has 0 amide bonds. The third kappa shape index (κ3) is 6.40. The second-order valence-electron chi connectivity index (χ2n) is 8.06. The Morgan fingerprint density at radius 1 is 0.848 bits per heavy atom. The number of H-pyrrole nitrogens is 1. The molecule has 0 saturated carbocycles. The number of piperazine rings is 1. The van der Waals surface area contributed by atoms with Gasteiger partial charge in [0.1, 0.15) is 0 Å². The number of hydrogen-bond acceptors (Lipinski definition) is 4. The fraction of sp³-hybridized carbons (Fsp3) is 0.524. The lowest BCUT2D eigenvalue weighted by atomic mass is 10.1. The Hall–Kier alpha value is -2.76. The molecule has 2 heterocycles. The molecule has 1 N–H and O–H groups in total. The zero-order valence-electron chi connectivity index (χ0n) is 17.9. The maximum atomic E-state index is 13.1. The first-order chi connectivity index (χ1) is 15.3. The molecule has 33 heavy (non-hydrogen) atoms. The highest BCUT2D eigenvalue weighted by Crippen LogP contribution is 2.38. The van der Waals surface area contributed by atoms with E-state index in [0.29, 0.717) is 51.3 Å². The number of aromatic nitrogens is 2. The summed E-state index contributed by atoms with van der Waals surface area (Å²) in [7, 11) is 0. The molecule has 0 spiro atoms. The van der Waals surface area contributed by atoms with Crippen LogP contribution in [0.25, 0.3) is 0 Å². The number of unbranched alkanes of at least 4 members (excludes halogenated alkanes) is 1. The number of nitrogens with one attached hydrogen (secondary N) is 1. The Morgan fingerprint density at radius 2 is 1.39 bits per heavy atom. The highest BCUT2D eigenvalue weighted by molar-refractivity contribution is 5.53. The van der Waals surface area contributed by atoms with Crippen LogP contribution in [0.5, 0.6) is 0 Å². The van der Waals surface area contributed by atoms with Gasteiger partial charge in [-0.3, -0.25) is 14.7 Å². The number of benzene rings is 1. The van der Waals surface area contributed by atoms with E-state index in [1.165, 1.54) is 15.7 Å². The Kier molecular flexibility index (Phi) is 7.25. The molecule has 1 fully saturated rings. The Labute approximate surface area is 185 Å². The summed E-state index contributed by atoms with van der Waals surface area (Å²) >= 11 is 0. The first kappa shape index (κ1) is 24.9. The van der Waals surface area contributed by atoms with E-state index >= 15 is 0 Å². The molecule has 1 saturated heterocycles. The van der Waals surface area contributed by atoms with E-state index in [1.807, 2.05) is 0 Å². The summed E-state index contributed by atoms with van der Waals surface area (Å²) in [6, 6.07) is 1.65. The second-order valence-corrected chi connectivity index (χ2v) is 8.06. The van der Waals surface area contributed by atoms with Gasteiger partial charge in [-0.1, -0.05) is 0 Å². The Bertz CT molecular complexity index is 1050. The fourth-order valence-corrected chi connectivity index (χ4v) is 3.75. The van der Waals surface area contributed by atoms with Gasteiger partial charge in [-0.25, -0.2) is 4.79 Å². The molecule has 12 heteroatoms. The number of rotatable bonds is 6. The van der Waals surface area contributed by atoms with Gasteiger partial charge in [0, 0.05) is 50.2 Å². The highest BCUT2D eigenvalue weighted by atomic mass is 19.4. The van der Waals surface area contributed by atoms with Gasteiger partial charge in [0.05, 0.1) is 11.1 Å². The van der Waals surface area contributed by atoms with Crippen LogP contribution in [0.1, 0.15) is 29.5 Å². The Balaban J connectivity index is 1.55. The van der Waals surface area contributed by atoms with Crippen LogP contribution in [-0.4, -0.2) is 47.2 Å². The topological polar surface area (TPSA) is 61.3 Å². The zero-order chi connectivity index (χ0) is 24.4. The van der Waals surface area contributed by atoms with Crippen LogP contribution in [-0.2, 0) is 18.9 Å². The van der Waals surface area contributed by atoms with E-state index in [1.54, 1.807) is 6.92 Å². The molecule has 1 aromatic heterocycles. The SMILES string of the molecule is Cc1cn(CCCCN2CCN(c3cc(C(F)(F)F)cc(C(F)(F)F)c3)CC2)c(=O)[nH]c1=O. The summed E-state index contributed by atoms with van der Waals surface area (Å²) in [5, 5.41) is 0. The molecule has 6 nitrogen and oxygen atoms in total. The van der Waals surface area contributed by atoms with Crippen molar-refractivity contribution < 1.29 is 26.3 Å². The number of aryl methyl sites for hydroxylation is 2. The first-order valence-electron chi connectivity index (χ1n) is 10.4. The minimum atomic E-state index is -4.87. The van der Waals surface area contributed by atoms with Crippen LogP contribution in [0.3, 0.4) is 0 Å². The van der Waals surface area contributed by atoms with Gasteiger partial charge in [0.25, 0.3) is 5.56 Å². The van der Waals surface area contributed by atoms with Crippen molar-refractivity contribution >= 4 is 5.69 Å². The molecule has 0 unspecified atom stereocenters. The molecule has 1 aliphatic heterocycles. The van der Waals surface area contributed by atoms with E-state index in [4.69, 9.17) is 0 Å². The van der Waals surface area contributed by atoms with Crippen molar-refractivity contribution in [3.05, 3.63) is 61.9 Å². The molecule has 2 aromatic rings. The van der Waals surface area contributed by atoms with E-state index < -0.39 is 34.7 Å². The smallest absolute Gasteiger partial charge is 0.369 e. The van der Waals surface area contributed by atoms with E-state index in [0.717, 1.165) is 18.6 Å². The largest absolute Gasteiger partial charge is 0.416 e. The summed E-state index contributed by atoms with van der Waals surface area (Å²) in [5.41, 5.74) is -3.18. The standard InChI is InChI=1S/C21H24F6N4O2/c1-14-13-31(19(33)28-18(14)32)5-3-2-4-29-6-8-30(9-7-29)17-11-15(20(22,23)24)10-16(12-17)21(25,26)27/h10-13H,2-9H2,1H3,(H,28,32,33). The van der Waals surface area contributed by atoms with Gasteiger partial charge >= 0.3 is 18.0 Å². The molecule has 182 valence electrons. The van der Waals surface area contributed by atoms with Crippen molar-refractivity contribution in [2.24, 2.45) is 0 Å². The van der Waals surface area contributed by atoms with Crippen molar-refractivity contribution in [3.63, 3.8) is 0 Å². The molecule has 0 bridgehead atoms. The molecule has 1 aromatic carbocycles. The molecule has 1 aliphatic rings. The predicted molar refractivity (Wildman–Crippen MR) is 110 cm³/mol. The van der Waals surface area contributed by atoms with Crippen molar-refractivity contribution in [2.75, 3.05) is 37.6 Å². The van der Waals surface area contributed by atoms with Gasteiger partial charge in [-0.05, 0) is 44.5 Å². The van der Waals surface area contributed by atoms with E-state index in [-0.39, 0.29) is 11.8 Å². The Morgan fingerprint density at radius 3 is 1.94 bits per heavy atom. The maximum Gasteiger partial charge on any atom is 0.416 e. The van der Waals surface area contributed by atoms with Gasteiger partial charge in [-0.15, -0.1) is 0 Å².